The van der Waals surface area contributed by atoms with E-state index in [0.717, 1.165) is 10.0 Å². The van der Waals surface area contributed by atoms with Crippen LogP contribution in [0.3, 0.4) is 0 Å². The molecule has 0 saturated carbocycles. The van der Waals surface area contributed by atoms with Gasteiger partial charge in [-0.3, -0.25) is 9.59 Å². The van der Waals surface area contributed by atoms with Gasteiger partial charge in [0.25, 0.3) is 0 Å². The molecule has 0 aliphatic rings. The van der Waals surface area contributed by atoms with E-state index in [2.05, 4.69) is 21.2 Å². The fraction of sp³-hybridized carbons (Fsp3) is 0.222. The number of rotatable bonds is 5. The van der Waals surface area contributed by atoms with Gasteiger partial charge in [0.2, 0.25) is 11.8 Å². The van der Waals surface area contributed by atoms with Crippen LogP contribution in [0.2, 0.25) is 0 Å². The molecule has 0 aromatic heterocycles. The number of nitrogens with zero attached hydrogens (tertiary/aromatic N) is 1. The monoisotopic (exact) mass is 392 g/mol. The highest BCUT2D eigenvalue weighted by Gasteiger charge is 2.16. The molecule has 4 nitrogen and oxygen atoms in total. The van der Waals surface area contributed by atoms with E-state index in [-0.39, 0.29) is 24.9 Å². The largest absolute Gasteiger partial charge is 0.329 e. The number of hydrogen-bond donors (Lipinski definition) is 1. The summed E-state index contributed by atoms with van der Waals surface area (Å²) < 4.78 is 14.7. The number of amides is 2. The third-order valence-corrected chi connectivity index (χ3v) is 4.05. The first kappa shape index (κ1) is 18.1. The summed E-state index contributed by atoms with van der Waals surface area (Å²) in [7, 11) is 0. The molecule has 2 rings (SSSR count). The van der Waals surface area contributed by atoms with Crippen LogP contribution >= 0.6 is 15.9 Å². The zero-order valence-electron chi connectivity index (χ0n) is 13.5. The second-order valence-electron chi connectivity index (χ2n) is 5.47. The number of carbonyl (C=O) groups is 2. The van der Waals surface area contributed by atoms with Crippen molar-refractivity contribution in [3.05, 3.63) is 63.9 Å². The summed E-state index contributed by atoms with van der Waals surface area (Å²) >= 11 is 3.36. The molecule has 0 aliphatic heterocycles. The average molecular weight is 393 g/mol. The molecule has 0 spiro atoms. The first-order valence-electron chi connectivity index (χ1n) is 7.41. The topological polar surface area (TPSA) is 49.4 Å². The maximum Gasteiger partial charge on any atom is 0.244 e. The summed E-state index contributed by atoms with van der Waals surface area (Å²) in [4.78, 5) is 25.3. The van der Waals surface area contributed by atoms with Crippen molar-refractivity contribution in [2.75, 3.05) is 11.9 Å². The predicted octanol–water partition coefficient (Wildman–Crippen LogP) is 3.88. The van der Waals surface area contributed by atoms with E-state index in [1.807, 2.05) is 19.1 Å². The molecular weight excluding hydrogens is 375 g/mol. The SMILES string of the molecule is CC(=O)N(CC(=O)Nc1ccc(Br)cc1C)Cc1ccccc1F. The molecule has 1 N–H and O–H groups in total. The zero-order valence-corrected chi connectivity index (χ0v) is 15.1. The van der Waals surface area contributed by atoms with E-state index in [1.54, 1.807) is 24.3 Å². The molecular formula is C18H18BrFN2O2. The van der Waals surface area contributed by atoms with Gasteiger partial charge in [-0.25, -0.2) is 4.39 Å². The third kappa shape index (κ3) is 4.89. The number of aryl methyl sites for hydroxylation is 1. The van der Waals surface area contributed by atoms with Crippen LogP contribution < -0.4 is 5.32 Å². The summed E-state index contributed by atoms with van der Waals surface area (Å²) in [6, 6.07) is 11.7. The van der Waals surface area contributed by atoms with Crippen LogP contribution in [-0.4, -0.2) is 23.3 Å². The Bertz CT molecular complexity index is 764. The van der Waals surface area contributed by atoms with Gasteiger partial charge in [-0.15, -0.1) is 0 Å². The summed E-state index contributed by atoms with van der Waals surface area (Å²) in [6.45, 7) is 3.15. The van der Waals surface area contributed by atoms with Crippen molar-refractivity contribution >= 4 is 33.4 Å². The second kappa shape index (κ2) is 8.06. The lowest BCUT2D eigenvalue weighted by atomic mass is 10.2. The minimum atomic E-state index is -0.395. The van der Waals surface area contributed by atoms with Crippen LogP contribution in [0.15, 0.2) is 46.9 Å². The number of benzene rings is 2. The fourth-order valence-corrected chi connectivity index (χ4v) is 2.72. The van der Waals surface area contributed by atoms with Gasteiger partial charge in [-0.2, -0.15) is 0 Å². The Morgan fingerprint density at radius 3 is 2.54 bits per heavy atom. The van der Waals surface area contributed by atoms with E-state index < -0.39 is 5.82 Å². The van der Waals surface area contributed by atoms with E-state index in [9.17, 15) is 14.0 Å². The molecule has 0 radical (unpaired) electrons. The molecule has 6 heteroatoms. The van der Waals surface area contributed by atoms with E-state index in [1.165, 1.54) is 17.9 Å². The summed E-state index contributed by atoms with van der Waals surface area (Å²) in [6.07, 6.45) is 0. The van der Waals surface area contributed by atoms with Crippen molar-refractivity contribution in [2.45, 2.75) is 20.4 Å². The highest BCUT2D eigenvalue weighted by molar-refractivity contribution is 9.10. The first-order chi connectivity index (χ1) is 11.4. The van der Waals surface area contributed by atoms with Crippen LogP contribution in [0, 0.1) is 12.7 Å². The number of halogens is 2. The van der Waals surface area contributed by atoms with Gasteiger partial charge in [-0.1, -0.05) is 34.1 Å². The Morgan fingerprint density at radius 2 is 1.92 bits per heavy atom. The van der Waals surface area contributed by atoms with Crippen LogP contribution in [0.4, 0.5) is 10.1 Å². The second-order valence-corrected chi connectivity index (χ2v) is 6.39. The Morgan fingerprint density at radius 1 is 1.21 bits per heavy atom. The van der Waals surface area contributed by atoms with E-state index >= 15 is 0 Å². The molecule has 0 heterocycles. The summed E-state index contributed by atoms with van der Waals surface area (Å²) in [5.41, 5.74) is 1.96. The summed E-state index contributed by atoms with van der Waals surface area (Å²) in [5, 5.41) is 2.78. The Kier molecular flexibility index (Phi) is 6.09. The Hall–Kier alpha value is -2.21. The van der Waals surface area contributed by atoms with Crippen molar-refractivity contribution in [3.63, 3.8) is 0 Å². The van der Waals surface area contributed by atoms with Crippen LogP contribution in [0.1, 0.15) is 18.1 Å². The molecule has 2 amide bonds. The number of carbonyl (C=O) groups excluding carboxylic acids is 2. The minimum absolute atomic E-state index is 0.0503. The molecule has 0 bridgehead atoms. The van der Waals surface area contributed by atoms with E-state index in [0.29, 0.717) is 11.3 Å². The van der Waals surface area contributed by atoms with Crippen molar-refractivity contribution in [1.29, 1.82) is 0 Å². The van der Waals surface area contributed by atoms with Gasteiger partial charge >= 0.3 is 0 Å². The lowest BCUT2D eigenvalue weighted by Gasteiger charge is -2.21. The molecule has 0 fully saturated rings. The van der Waals surface area contributed by atoms with Crippen molar-refractivity contribution in [2.24, 2.45) is 0 Å². The normalized spacial score (nSPS) is 10.3. The van der Waals surface area contributed by atoms with Gasteiger partial charge < -0.3 is 10.2 Å². The highest BCUT2D eigenvalue weighted by atomic mass is 79.9. The predicted molar refractivity (Wildman–Crippen MR) is 95.0 cm³/mol. The lowest BCUT2D eigenvalue weighted by Crippen LogP contribution is -2.36. The van der Waals surface area contributed by atoms with Crippen molar-refractivity contribution in [3.8, 4) is 0 Å². The quantitative estimate of drug-likeness (QED) is 0.838. The molecule has 0 aliphatic carbocycles. The van der Waals surface area contributed by atoms with Crippen LogP contribution in [-0.2, 0) is 16.1 Å². The first-order valence-corrected chi connectivity index (χ1v) is 8.21. The maximum atomic E-state index is 13.7. The molecule has 2 aromatic carbocycles. The average Bonchev–Trinajstić information content (AvgIpc) is 2.51. The Balaban J connectivity index is 2.06. The Labute approximate surface area is 148 Å². The van der Waals surface area contributed by atoms with Gasteiger partial charge in [0.05, 0.1) is 0 Å². The third-order valence-electron chi connectivity index (χ3n) is 3.56. The number of nitrogens with one attached hydrogen (secondary N) is 1. The van der Waals surface area contributed by atoms with Gasteiger partial charge in [0.1, 0.15) is 12.4 Å². The highest BCUT2D eigenvalue weighted by Crippen LogP contribution is 2.20. The smallest absolute Gasteiger partial charge is 0.244 e. The zero-order chi connectivity index (χ0) is 17.7. The van der Waals surface area contributed by atoms with Gasteiger partial charge in [0.15, 0.2) is 0 Å². The molecule has 24 heavy (non-hydrogen) atoms. The molecule has 126 valence electrons. The maximum absolute atomic E-state index is 13.7. The number of hydrogen-bond acceptors (Lipinski definition) is 2. The van der Waals surface area contributed by atoms with Crippen LogP contribution in [0.25, 0.3) is 0 Å². The van der Waals surface area contributed by atoms with E-state index in [4.69, 9.17) is 0 Å². The minimum Gasteiger partial charge on any atom is -0.329 e. The van der Waals surface area contributed by atoms with Gasteiger partial charge in [-0.05, 0) is 36.8 Å². The molecule has 0 saturated heterocycles. The van der Waals surface area contributed by atoms with Gasteiger partial charge in [0, 0.05) is 29.2 Å². The van der Waals surface area contributed by atoms with Crippen molar-refractivity contribution < 1.29 is 14.0 Å². The molecule has 0 unspecified atom stereocenters. The summed E-state index contributed by atoms with van der Waals surface area (Å²) in [5.74, 6) is -1.01. The van der Waals surface area contributed by atoms with Crippen LogP contribution in [0.5, 0.6) is 0 Å². The number of anilines is 1. The lowest BCUT2D eigenvalue weighted by molar-refractivity contribution is -0.133. The van der Waals surface area contributed by atoms with Crippen molar-refractivity contribution in [1.82, 2.24) is 4.90 Å². The molecule has 2 aromatic rings. The standard InChI is InChI=1S/C18H18BrFN2O2/c1-12-9-15(19)7-8-17(12)21-18(24)11-22(13(2)23)10-14-5-3-4-6-16(14)20/h3-9H,10-11H2,1-2H3,(H,21,24). The molecule has 0 atom stereocenters. The fourth-order valence-electron chi connectivity index (χ4n) is 2.24.